The lowest BCUT2D eigenvalue weighted by Crippen LogP contribution is -2.16. The zero-order chi connectivity index (χ0) is 42.1. The Hall–Kier alpha value is -4.60. The highest BCUT2D eigenvalue weighted by atomic mass is 32.3. The molecule has 304 valence electrons. The van der Waals surface area contributed by atoms with E-state index in [2.05, 4.69) is 28.8 Å². The molecule has 0 saturated heterocycles. The van der Waals surface area contributed by atoms with Crippen molar-refractivity contribution >= 4 is 99.9 Å². The molecule has 7 N–H and O–H groups in total. The van der Waals surface area contributed by atoms with Crippen molar-refractivity contribution in [1.29, 1.82) is 0 Å². The standard InChI is InChI=1S/C26H25N5O19S6/c27-20-7-6-18-19(24(20)30-29-21-8-5-17(13-22(21)53(37,38)39)52(35,36)12-10-50-56(46,47)48)14-23(54(40,41)42)25(26(18)32)31-28-15-1-3-16(4-2-15)51(33,34)11-9-49-55(43,44)45/h1-8,13-14,32H,9-12,27H2,(H,37,38,39)(H,40,41,42)(H,43,44,45)(H,46,47,48). The molecule has 0 heterocycles. The van der Waals surface area contributed by atoms with Gasteiger partial charge in [-0.05, 0) is 60.7 Å². The summed E-state index contributed by atoms with van der Waals surface area (Å²) in [7, 11) is -29.0. The SMILES string of the molecule is Nc1ccc2c(O)c(N=Nc3ccc(S(=O)(=O)CCOS(=O)(=O)O)cc3)c(S(=O)(=O)O)cc2c1N=Nc1ccc(S(=O)(=O)CCOS(=O)(=O)O)cc1S(=O)(=O)O. The maximum absolute atomic E-state index is 12.6. The average Bonchev–Trinajstić information content (AvgIpc) is 3.05. The number of benzene rings is 4. The Kier molecular flexibility index (Phi) is 12.7. The molecule has 24 nitrogen and oxygen atoms in total. The van der Waals surface area contributed by atoms with Crippen LogP contribution >= 0.6 is 0 Å². The second-order valence-corrected chi connectivity index (χ2v) is 20.0. The maximum Gasteiger partial charge on any atom is 0.397 e. The number of phenolic OH excluding ortho intramolecular Hbond substituents is 1. The first-order valence-electron chi connectivity index (χ1n) is 14.4. The molecule has 30 heteroatoms. The maximum atomic E-state index is 12.6. The smallest absolute Gasteiger partial charge is 0.397 e. The molecule has 0 amide bonds. The van der Waals surface area contributed by atoms with E-state index < -0.39 is 123 Å². The molecule has 0 aliphatic carbocycles. The molecule has 0 fully saturated rings. The molecule has 0 radical (unpaired) electrons. The van der Waals surface area contributed by atoms with Crippen molar-refractivity contribution in [2.45, 2.75) is 19.6 Å². The fourth-order valence-electron chi connectivity index (χ4n) is 4.47. The summed E-state index contributed by atoms with van der Waals surface area (Å²) in [5.41, 5.74) is 3.62. The summed E-state index contributed by atoms with van der Waals surface area (Å²) >= 11 is 0. The number of nitrogens with zero attached hydrogens (tertiary/aromatic N) is 4. The highest BCUT2D eigenvalue weighted by Gasteiger charge is 2.26. The summed E-state index contributed by atoms with van der Waals surface area (Å²) in [6.07, 6.45) is 0. The van der Waals surface area contributed by atoms with E-state index in [0.29, 0.717) is 6.07 Å². The summed E-state index contributed by atoms with van der Waals surface area (Å²) in [6, 6.07) is 9.27. The molecule has 4 aromatic rings. The van der Waals surface area contributed by atoms with E-state index in [0.717, 1.165) is 54.6 Å². The van der Waals surface area contributed by atoms with Gasteiger partial charge in [0.25, 0.3) is 20.2 Å². The van der Waals surface area contributed by atoms with Crippen LogP contribution in [0.1, 0.15) is 0 Å². The minimum Gasteiger partial charge on any atom is -0.505 e. The molecule has 0 atom stereocenters. The number of nitrogens with two attached hydrogens (primary N) is 1. The molecule has 4 rings (SSSR count). The largest absolute Gasteiger partial charge is 0.505 e. The van der Waals surface area contributed by atoms with Gasteiger partial charge >= 0.3 is 20.8 Å². The van der Waals surface area contributed by atoms with Crippen LogP contribution in [0.4, 0.5) is 28.4 Å². The number of phenols is 1. The Labute approximate surface area is 317 Å². The topological polar surface area (TPSA) is 400 Å². The van der Waals surface area contributed by atoms with E-state index in [1.54, 1.807) is 0 Å². The van der Waals surface area contributed by atoms with Crippen LogP contribution in [0.3, 0.4) is 0 Å². The zero-order valence-corrected chi connectivity index (χ0v) is 32.3. The summed E-state index contributed by atoms with van der Waals surface area (Å²) in [5.74, 6) is -2.84. The van der Waals surface area contributed by atoms with Gasteiger partial charge in [0.15, 0.2) is 25.4 Å². The lowest BCUT2D eigenvalue weighted by atomic mass is 10.1. The van der Waals surface area contributed by atoms with E-state index in [1.165, 1.54) is 0 Å². The summed E-state index contributed by atoms with van der Waals surface area (Å²) in [4.78, 5) is -3.30. The number of fused-ring (bicyclic) bond motifs is 1. The Morgan fingerprint density at radius 1 is 0.536 bits per heavy atom. The number of hydrogen-bond acceptors (Lipinski definition) is 20. The monoisotopic (exact) mass is 903 g/mol. The number of rotatable bonds is 16. The lowest BCUT2D eigenvalue weighted by molar-refractivity contribution is 0.282. The number of azo groups is 2. The first kappa shape index (κ1) is 44.1. The van der Waals surface area contributed by atoms with Crippen molar-refractivity contribution in [2.24, 2.45) is 20.5 Å². The minimum atomic E-state index is -5.26. The summed E-state index contributed by atoms with van der Waals surface area (Å²) < 4.78 is 187. The van der Waals surface area contributed by atoms with Crippen molar-refractivity contribution in [3.63, 3.8) is 0 Å². The van der Waals surface area contributed by atoms with E-state index >= 15 is 0 Å². The molecule has 4 aromatic carbocycles. The molecular weight excluding hydrogens is 879 g/mol. The fourth-order valence-corrected chi connectivity index (χ4v) is 8.84. The van der Waals surface area contributed by atoms with E-state index in [9.17, 15) is 64.7 Å². The van der Waals surface area contributed by atoms with Crippen molar-refractivity contribution in [1.82, 2.24) is 0 Å². The second-order valence-electron chi connectivity index (χ2n) is 10.8. The quantitative estimate of drug-likeness (QED) is 0.0534. The number of nitrogen functional groups attached to an aromatic ring is 1. The predicted molar refractivity (Wildman–Crippen MR) is 190 cm³/mol. The van der Waals surface area contributed by atoms with Crippen molar-refractivity contribution in [3.8, 4) is 5.75 Å². The van der Waals surface area contributed by atoms with Gasteiger partial charge in [-0.25, -0.2) is 25.2 Å². The highest BCUT2D eigenvalue weighted by Crippen LogP contribution is 2.46. The van der Waals surface area contributed by atoms with Gasteiger partial charge in [-0.15, -0.1) is 15.3 Å². The molecule has 56 heavy (non-hydrogen) atoms. The van der Waals surface area contributed by atoms with E-state index in [-0.39, 0.29) is 27.0 Å². The predicted octanol–water partition coefficient (Wildman–Crippen LogP) is 2.64. The number of hydrogen-bond donors (Lipinski definition) is 6. The molecular formula is C26H25N5O19S6. The average molecular weight is 904 g/mol. The van der Waals surface area contributed by atoms with Crippen LogP contribution in [0.15, 0.2) is 101 Å². The van der Waals surface area contributed by atoms with Crippen molar-refractivity contribution in [2.75, 3.05) is 30.5 Å². The third kappa shape index (κ3) is 11.3. The molecule has 0 bridgehead atoms. The Balaban J connectivity index is 1.75. The van der Waals surface area contributed by atoms with Gasteiger partial charge in [-0.2, -0.15) is 38.8 Å². The second kappa shape index (κ2) is 16.1. The first-order valence-corrected chi connectivity index (χ1v) is 23.3. The summed E-state index contributed by atoms with van der Waals surface area (Å²) in [5, 5.41) is 25.5. The third-order valence-corrected chi connectivity index (χ3v) is 13.0. The van der Waals surface area contributed by atoms with Crippen molar-refractivity contribution in [3.05, 3.63) is 60.7 Å². The minimum absolute atomic E-state index is 0.120. The van der Waals surface area contributed by atoms with Crippen LogP contribution < -0.4 is 5.73 Å². The summed E-state index contributed by atoms with van der Waals surface area (Å²) in [6.45, 7) is -1.96. The molecule has 0 unspecified atom stereocenters. The van der Waals surface area contributed by atoms with Gasteiger partial charge in [-0.3, -0.25) is 18.2 Å². The van der Waals surface area contributed by atoms with Gasteiger partial charge in [-0.1, -0.05) is 0 Å². The molecule has 0 aliphatic heterocycles. The molecule has 0 spiro atoms. The normalized spacial score (nSPS) is 13.6. The zero-order valence-electron chi connectivity index (χ0n) is 27.4. The first-order chi connectivity index (χ1) is 25.6. The third-order valence-electron chi connectivity index (χ3n) is 6.97. The molecule has 0 aliphatic rings. The van der Waals surface area contributed by atoms with Crippen LogP contribution in [-0.4, -0.2) is 98.5 Å². The van der Waals surface area contributed by atoms with Crippen LogP contribution in [0.25, 0.3) is 10.8 Å². The van der Waals surface area contributed by atoms with Crippen molar-refractivity contribution < 1.29 is 82.2 Å². The van der Waals surface area contributed by atoms with E-state index in [4.69, 9.17) is 14.8 Å². The Bertz CT molecular complexity index is 2950. The Morgan fingerprint density at radius 3 is 1.55 bits per heavy atom. The highest BCUT2D eigenvalue weighted by molar-refractivity contribution is 7.92. The lowest BCUT2D eigenvalue weighted by Gasteiger charge is -2.12. The van der Waals surface area contributed by atoms with Crippen LogP contribution in [-0.2, 0) is 69.1 Å². The number of anilines is 1. The van der Waals surface area contributed by atoms with Gasteiger partial charge < -0.3 is 10.8 Å². The molecule has 0 aromatic heterocycles. The van der Waals surface area contributed by atoms with Gasteiger partial charge in [0.1, 0.15) is 26.9 Å². The van der Waals surface area contributed by atoms with Gasteiger partial charge in [0, 0.05) is 10.8 Å². The van der Waals surface area contributed by atoms with Gasteiger partial charge in [0.2, 0.25) is 0 Å². The Morgan fingerprint density at radius 2 is 1.04 bits per heavy atom. The van der Waals surface area contributed by atoms with Crippen LogP contribution in [0.5, 0.6) is 5.75 Å². The number of aromatic hydroxyl groups is 1. The number of sulfone groups is 2. The van der Waals surface area contributed by atoms with Crippen LogP contribution in [0, 0.1) is 0 Å². The molecule has 0 saturated carbocycles. The van der Waals surface area contributed by atoms with Gasteiger partial charge in [0.05, 0.1) is 45.9 Å². The fraction of sp³-hybridized carbons (Fsp3) is 0.154. The van der Waals surface area contributed by atoms with Crippen LogP contribution in [0.2, 0.25) is 0 Å². The van der Waals surface area contributed by atoms with E-state index in [1.807, 2.05) is 0 Å².